The lowest BCUT2D eigenvalue weighted by atomic mass is 10.0. The van der Waals surface area contributed by atoms with Crippen LogP contribution in [-0.4, -0.2) is 5.91 Å². The van der Waals surface area contributed by atoms with E-state index in [1.807, 2.05) is 56.3 Å². The average molecular weight is 254 g/mol. The molecule has 0 spiro atoms. The Morgan fingerprint density at radius 2 is 1.89 bits per heavy atom. The number of hydrogen-bond donors (Lipinski definition) is 2. The molecule has 3 nitrogen and oxygen atoms in total. The molecule has 0 aliphatic rings. The largest absolute Gasteiger partial charge is 0.399 e. The molecule has 0 atom stereocenters. The van der Waals surface area contributed by atoms with Gasteiger partial charge >= 0.3 is 0 Å². The number of nitrogen functional groups attached to an aromatic ring is 1. The van der Waals surface area contributed by atoms with Crippen LogP contribution < -0.4 is 11.1 Å². The molecule has 19 heavy (non-hydrogen) atoms. The van der Waals surface area contributed by atoms with Gasteiger partial charge < -0.3 is 11.1 Å². The van der Waals surface area contributed by atoms with Crippen molar-refractivity contribution in [3.05, 3.63) is 64.7 Å². The first-order valence-electron chi connectivity index (χ1n) is 6.27. The fraction of sp³-hybridized carbons (Fsp3) is 0.188. The van der Waals surface area contributed by atoms with E-state index in [4.69, 9.17) is 5.73 Å². The zero-order chi connectivity index (χ0) is 13.8. The lowest BCUT2D eigenvalue weighted by Crippen LogP contribution is -2.23. The van der Waals surface area contributed by atoms with Crippen molar-refractivity contribution in [3.63, 3.8) is 0 Å². The van der Waals surface area contributed by atoms with Crippen molar-refractivity contribution in [2.45, 2.75) is 20.4 Å². The highest BCUT2D eigenvalue weighted by Crippen LogP contribution is 2.13. The van der Waals surface area contributed by atoms with Gasteiger partial charge in [0.25, 0.3) is 5.91 Å². The van der Waals surface area contributed by atoms with Gasteiger partial charge in [-0.3, -0.25) is 4.79 Å². The van der Waals surface area contributed by atoms with E-state index in [9.17, 15) is 4.79 Å². The minimum atomic E-state index is -0.0522. The third kappa shape index (κ3) is 3.13. The second kappa shape index (κ2) is 5.57. The van der Waals surface area contributed by atoms with Gasteiger partial charge in [0.2, 0.25) is 0 Å². The second-order valence-corrected chi connectivity index (χ2v) is 4.68. The molecule has 0 saturated heterocycles. The molecule has 2 aromatic carbocycles. The van der Waals surface area contributed by atoms with E-state index in [0.29, 0.717) is 12.2 Å². The molecule has 0 fully saturated rings. The second-order valence-electron chi connectivity index (χ2n) is 4.68. The topological polar surface area (TPSA) is 55.1 Å². The van der Waals surface area contributed by atoms with Crippen LogP contribution in [-0.2, 0) is 6.54 Å². The van der Waals surface area contributed by atoms with Crippen molar-refractivity contribution in [1.82, 2.24) is 5.32 Å². The Hall–Kier alpha value is -2.29. The van der Waals surface area contributed by atoms with Crippen LogP contribution in [0.1, 0.15) is 27.0 Å². The summed E-state index contributed by atoms with van der Waals surface area (Å²) in [5, 5.41) is 2.92. The van der Waals surface area contributed by atoms with Crippen LogP contribution in [0.3, 0.4) is 0 Å². The summed E-state index contributed by atoms with van der Waals surface area (Å²) >= 11 is 0. The Bertz CT molecular complexity index is 605. The molecule has 2 rings (SSSR count). The first kappa shape index (κ1) is 13.1. The van der Waals surface area contributed by atoms with Crippen molar-refractivity contribution < 1.29 is 4.79 Å². The fourth-order valence-corrected chi connectivity index (χ4v) is 1.98. The summed E-state index contributed by atoms with van der Waals surface area (Å²) in [6.45, 7) is 4.45. The number of carbonyl (C=O) groups is 1. The van der Waals surface area contributed by atoms with Crippen LogP contribution in [0.5, 0.6) is 0 Å². The summed E-state index contributed by atoms with van der Waals surface area (Å²) in [5.74, 6) is -0.0522. The van der Waals surface area contributed by atoms with E-state index in [1.165, 1.54) is 0 Å². The van der Waals surface area contributed by atoms with Crippen molar-refractivity contribution in [1.29, 1.82) is 0 Å². The van der Waals surface area contributed by atoms with Crippen LogP contribution in [0.15, 0.2) is 42.5 Å². The summed E-state index contributed by atoms with van der Waals surface area (Å²) in [5.41, 5.74) is 10.3. The number of rotatable bonds is 3. The van der Waals surface area contributed by atoms with E-state index in [-0.39, 0.29) is 5.91 Å². The molecular weight excluding hydrogens is 236 g/mol. The van der Waals surface area contributed by atoms with Crippen LogP contribution in [0.2, 0.25) is 0 Å². The number of aryl methyl sites for hydroxylation is 1. The third-order valence-corrected chi connectivity index (χ3v) is 3.25. The van der Waals surface area contributed by atoms with Crippen molar-refractivity contribution in [2.24, 2.45) is 0 Å². The third-order valence-electron chi connectivity index (χ3n) is 3.25. The molecule has 1 amide bonds. The molecule has 0 bridgehead atoms. The Labute approximate surface area is 113 Å². The summed E-state index contributed by atoms with van der Waals surface area (Å²) in [6, 6.07) is 13.3. The molecule has 0 aliphatic carbocycles. The lowest BCUT2D eigenvalue weighted by Gasteiger charge is -2.09. The number of nitrogens with two attached hydrogens (primary N) is 1. The maximum atomic E-state index is 12.1. The van der Waals surface area contributed by atoms with Gasteiger partial charge in [0.05, 0.1) is 0 Å². The Morgan fingerprint density at radius 1 is 1.16 bits per heavy atom. The summed E-state index contributed by atoms with van der Waals surface area (Å²) in [4.78, 5) is 12.1. The molecule has 0 heterocycles. The summed E-state index contributed by atoms with van der Waals surface area (Å²) in [6.07, 6.45) is 0. The molecule has 0 unspecified atom stereocenters. The first-order valence-corrected chi connectivity index (χ1v) is 6.27. The first-order chi connectivity index (χ1) is 9.08. The smallest absolute Gasteiger partial charge is 0.251 e. The van der Waals surface area contributed by atoms with Crippen molar-refractivity contribution in [2.75, 3.05) is 5.73 Å². The van der Waals surface area contributed by atoms with Gasteiger partial charge in [0.15, 0.2) is 0 Å². The van der Waals surface area contributed by atoms with Gasteiger partial charge in [-0.25, -0.2) is 0 Å². The average Bonchev–Trinajstić information content (AvgIpc) is 2.39. The monoisotopic (exact) mass is 254 g/mol. The molecule has 0 aliphatic heterocycles. The van der Waals surface area contributed by atoms with Crippen molar-refractivity contribution >= 4 is 11.6 Å². The highest BCUT2D eigenvalue weighted by atomic mass is 16.1. The zero-order valence-electron chi connectivity index (χ0n) is 11.2. The zero-order valence-corrected chi connectivity index (χ0v) is 11.2. The molecular formula is C16H18N2O. The summed E-state index contributed by atoms with van der Waals surface area (Å²) in [7, 11) is 0. The van der Waals surface area contributed by atoms with Gasteiger partial charge in [-0.1, -0.05) is 24.3 Å². The predicted octanol–water partition coefficient (Wildman–Crippen LogP) is 2.82. The van der Waals surface area contributed by atoms with Gasteiger partial charge in [-0.05, 0) is 48.7 Å². The van der Waals surface area contributed by atoms with E-state index in [2.05, 4.69) is 5.32 Å². The van der Waals surface area contributed by atoms with Crippen LogP contribution >= 0.6 is 0 Å². The SMILES string of the molecule is Cc1cccc(C(=O)NCc2cccc(N)c2)c1C. The molecule has 2 aromatic rings. The van der Waals surface area contributed by atoms with Gasteiger partial charge in [0.1, 0.15) is 0 Å². The van der Waals surface area contributed by atoms with Gasteiger partial charge in [0, 0.05) is 17.8 Å². The molecule has 3 N–H and O–H groups in total. The fourth-order valence-electron chi connectivity index (χ4n) is 1.98. The highest BCUT2D eigenvalue weighted by Gasteiger charge is 2.09. The highest BCUT2D eigenvalue weighted by molar-refractivity contribution is 5.95. The maximum absolute atomic E-state index is 12.1. The summed E-state index contributed by atoms with van der Waals surface area (Å²) < 4.78 is 0. The molecule has 0 radical (unpaired) electrons. The number of hydrogen-bond acceptors (Lipinski definition) is 2. The van der Waals surface area contributed by atoms with Gasteiger partial charge in [-0.2, -0.15) is 0 Å². The number of benzene rings is 2. The van der Waals surface area contributed by atoms with E-state index < -0.39 is 0 Å². The van der Waals surface area contributed by atoms with Gasteiger partial charge in [-0.15, -0.1) is 0 Å². The lowest BCUT2D eigenvalue weighted by molar-refractivity contribution is 0.0950. The van der Waals surface area contributed by atoms with Crippen LogP contribution in [0.4, 0.5) is 5.69 Å². The Kier molecular flexibility index (Phi) is 3.85. The van der Waals surface area contributed by atoms with E-state index in [1.54, 1.807) is 0 Å². The molecule has 98 valence electrons. The molecule has 3 heteroatoms. The Balaban J connectivity index is 2.08. The minimum Gasteiger partial charge on any atom is -0.399 e. The number of nitrogens with one attached hydrogen (secondary N) is 1. The normalized spacial score (nSPS) is 10.2. The Morgan fingerprint density at radius 3 is 2.63 bits per heavy atom. The minimum absolute atomic E-state index is 0.0522. The van der Waals surface area contributed by atoms with Crippen molar-refractivity contribution in [3.8, 4) is 0 Å². The van der Waals surface area contributed by atoms with E-state index >= 15 is 0 Å². The van der Waals surface area contributed by atoms with E-state index in [0.717, 1.165) is 22.3 Å². The number of carbonyl (C=O) groups excluding carboxylic acids is 1. The predicted molar refractivity (Wildman–Crippen MR) is 77.9 cm³/mol. The standard InChI is InChI=1S/C16H18N2O/c1-11-5-3-8-15(12(11)2)16(19)18-10-13-6-4-7-14(17)9-13/h3-9H,10,17H2,1-2H3,(H,18,19). The quantitative estimate of drug-likeness (QED) is 0.827. The van der Waals surface area contributed by atoms with Crippen LogP contribution in [0.25, 0.3) is 0 Å². The number of amides is 1. The maximum Gasteiger partial charge on any atom is 0.251 e. The number of anilines is 1. The molecule has 0 saturated carbocycles. The molecule has 0 aromatic heterocycles. The van der Waals surface area contributed by atoms with Crippen LogP contribution in [0, 0.1) is 13.8 Å².